The normalized spacial score (nSPS) is 24.4. The first-order chi connectivity index (χ1) is 9.42. The Morgan fingerprint density at radius 2 is 1.85 bits per heavy atom. The Balaban J connectivity index is 2.24. The first-order valence-electron chi connectivity index (χ1n) is 6.64. The van der Waals surface area contributed by atoms with Gasteiger partial charge in [-0.3, -0.25) is 0 Å². The highest BCUT2D eigenvalue weighted by atomic mass is 35.5. The molecule has 0 aliphatic heterocycles. The molecule has 7 heteroatoms. The Bertz CT molecular complexity index is 578. The molecule has 20 heavy (non-hydrogen) atoms. The Morgan fingerprint density at radius 1 is 1.15 bits per heavy atom. The second-order valence-electron chi connectivity index (χ2n) is 5.08. The molecule has 1 aromatic rings. The van der Waals surface area contributed by atoms with Crippen molar-refractivity contribution in [3.8, 4) is 0 Å². The van der Waals surface area contributed by atoms with Crippen LogP contribution in [-0.4, -0.2) is 20.5 Å². The molecule has 1 fully saturated rings. The van der Waals surface area contributed by atoms with Gasteiger partial charge in [0.05, 0.1) is 10.0 Å². The third kappa shape index (κ3) is 3.65. The Morgan fingerprint density at radius 3 is 2.60 bits per heavy atom. The van der Waals surface area contributed by atoms with Crippen LogP contribution in [0, 0.1) is 0 Å². The molecule has 0 saturated heterocycles. The zero-order valence-corrected chi connectivity index (χ0v) is 13.3. The minimum absolute atomic E-state index is 0.00288. The molecule has 1 aromatic carbocycles. The summed E-state index contributed by atoms with van der Waals surface area (Å²) in [7, 11) is -3.71. The van der Waals surface area contributed by atoms with Gasteiger partial charge in [-0.2, -0.15) is 0 Å². The van der Waals surface area contributed by atoms with Crippen LogP contribution in [0.25, 0.3) is 0 Å². The van der Waals surface area contributed by atoms with Gasteiger partial charge in [0, 0.05) is 12.1 Å². The number of hydrogen-bond donors (Lipinski definition) is 2. The molecule has 0 amide bonds. The molecule has 1 aliphatic rings. The van der Waals surface area contributed by atoms with Crippen molar-refractivity contribution in [2.45, 2.75) is 49.1 Å². The lowest BCUT2D eigenvalue weighted by atomic mass is 10.1. The quantitative estimate of drug-likeness (QED) is 0.833. The van der Waals surface area contributed by atoms with Crippen LogP contribution in [0.3, 0.4) is 0 Å². The predicted molar refractivity (Wildman–Crippen MR) is 81.6 cm³/mol. The van der Waals surface area contributed by atoms with E-state index in [2.05, 4.69) is 4.72 Å². The van der Waals surface area contributed by atoms with E-state index in [1.54, 1.807) is 12.1 Å². The summed E-state index contributed by atoms with van der Waals surface area (Å²) >= 11 is 11.9. The van der Waals surface area contributed by atoms with E-state index in [1.807, 2.05) is 0 Å². The number of benzene rings is 1. The zero-order chi connectivity index (χ0) is 14.8. The van der Waals surface area contributed by atoms with Gasteiger partial charge in [-0.15, -0.1) is 0 Å². The van der Waals surface area contributed by atoms with Crippen molar-refractivity contribution in [2.24, 2.45) is 5.73 Å². The van der Waals surface area contributed by atoms with Crippen LogP contribution in [-0.2, 0) is 10.0 Å². The number of rotatable bonds is 3. The van der Waals surface area contributed by atoms with Gasteiger partial charge in [0.15, 0.2) is 0 Å². The minimum Gasteiger partial charge on any atom is -0.326 e. The third-order valence-corrected chi connectivity index (χ3v) is 6.04. The van der Waals surface area contributed by atoms with Crippen LogP contribution < -0.4 is 10.5 Å². The molecule has 2 rings (SSSR count). The van der Waals surface area contributed by atoms with Gasteiger partial charge in [0.1, 0.15) is 4.90 Å². The monoisotopic (exact) mass is 336 g/mol. The smallest absolute Gasteiger partial charge is 0.242 e. The lowest BCUT2D eigenvalue weighted by molar-refractivity contribution is 0.456. The molecule has 0 aromatic heterocycles. The SMILES string of the molecule is NC1CCCCCC1NS(=O)(=O)c1cccc(Cl)c1Cl. The van der Waals surface area contributed by atoms with Crippen LogP contribution >= 0.6 is 23.2 Å². The molecular weight excluding hydrogens is 319 g/mol. The maximum absolute atomic E-state index is 12.4. The summed E-state index contributed by atoms with van der Waals surface area (Å²) < 4.78 is 27.5. The fourth-order valence-electron chi connectivity index (χ4n) is 2.44. The van der Waals surface area contributed by atoms with Crippen molar-refractivity contribution in [2.75, 3.05) is 0 Å². The van der Waals surface area contributed by atoms with Gasteiger partial charge in [0.2, 0.25) is 10.0 Å². The molecule has 0 spiro atoms. The van der Waals surface area contributed by atoms with Gasteiger partial charge < -0.3 is 5.73 Å². The lowest BCUT2D eigenvalue weighted by Gasteiger charge is -2.22. The van der Waals surface area contributed by atoms with Crippen molar-refractivity contribution in [3.05, 3.63) is 28.2 Å². The predicted octanol–water partition coefficient (Wildman–Crippen LogP) is 2.93. The van der Waals surface area contributed by atoms with Crippen molar-refractivity contribution >= 4 is 33.2 Å². The zero-order valence-electron chi connectivity index (χ0n) is 11.0. The third-order valence-electron chi connectivity index (χ3n) is 3.58. The fraction of sp³-hybridized carbons (Fsp3) is 0.538. The Labute approximate surface area is 129 Å². The average Bonchev–Trinajstić information content (AvgIpc) is 2.58. The maximum Gasteiger partial charge on any atom is 0.242 e. The molecule has 1 saturated carbocycles. The highest BCUT2D eigenvalue weighted by molar-refractivity contribution is 7.89. The van der Waals surface area contributed by atoms with Crippen LogP contribution in [0.4, 0.5) is 0 Å². The number of nitrogens with one attached hydrogen (secondary N) is 1. The van der Waals surface area contributed by atoms with Gasteiger partial charge >= 0.3 is 0 Å². The lowest BCUT2D eigenvalue weighted by Crippen LogP contribution is -2.46. The second kappa shape index (κ2) is 6.62. The number of halogens is 2. The highest BCUT2D eigenvalue weighted by Gasteiger charge is 2.27. The van der Waals surface area contributed by atoms with Gasteiger partial charge in [-0.05, 0) is 25.0 Å². The Hall–Kier alpha value is -0.330. The van der Waals surface area contributed by atoms with E-state index in [4.69, 9.17) is 28.9 Å². The number of nitrogens with two attached hydrogens (primary N) is 1. The molecule has 4 nitrogen and oxygen atoms in total. The summed E-state index contributed by atoms with van der Waals surface area (Å²) in [5.74, 6) is 0. The average molecular weight is 337 g/mol. The first kappa shape index (κ1) is 16.0. The molecule has 2 atom stereocenters. The molecule has 0 heterocycles. The van der Waals surface area contributed by atoms with Crippen molar-refractivity contribution < 1.29 is 8.42 Å². The summed E-state index contributed by atoms with van der Waals surface area (Å²) in [5, 5.41) is 0.267. The van der Waals surface area contributed by atoms with Crippen LogP contribution in [0.1, 0.15) is 32.1 Å². The summed E-state index contributed by atoms with van der Waals surface area (Å²) in [4.78, 5) is 0.00288. The molecular formula is C13H18Cl2N2O2S. The first-order valence-corrected chi connectivity index (χ1v) is 8.87. The van der Waals surface area contributed by atoms with Crippen molar-refractivity contribution in [3.63, 3.8) is 0 Å². The van der Waals surface area contributed by atoms with Crippen LogP contribution in [0.2, 0.25) is 10.0 Å². The Kier molecular flexibility index (Phi) is 5.31. The fourth-order valence-corrected chi connectivity index (χ4v) is 4.52. The van der Waals surface area contributed by atoms with E-state index < -0.39 is 10.0 Å². The molecule has 3 N–H and O–H groups in total. The van der Waals surface area contributed by atoms with Gasteiger partial charge in [-0.25, -0.2) is 13.1 Å². The molecule has 2 unspecified atom stereocenters. The van der Waals surface area contributed by atoms with Crippen LogP contribution in [0.5, 0.6) is 0 Å². The van der Waals surface area contributed by atoms with Crippen molar-refractivity contribution in [1.82, 2.24) is 4.72 Å². The van der Waals surface area contributed by atoms with E-state index in [0.717, 1.165) is 32.1 Å². The minimum atomic E-state index is -3.71. The molecule has 1 aliphatic carbocycles. The number of hydrogen-bond acceptors (Lipinski definition) is 3. The standard InChI is InChI=1S/C13H18Cl2N2O2S/c14-9-5-4-8-12(13(9)15)20(18,19)17-11-7-3-1-2-6-10(11)16/h4-5,8,10-11,17H,1-3,6-7,16H2. The van der Waals surface area contributed by atoms with E-state index in [0.29, 0.717) is 0 Å². The molecule has 0 radical (unpaired) electrons. The molecule has 112 valence electrons. The highest BCUT2D eigenvalue weighted by Crippen LogP contribution is 2.29. The molecule has 0 bridgehead atoms. The van der Waals surface area contributed by atoms with E-state index >= 15 is 0 Å². The second-order valence-corrected chi connectivity index (χ2v) is 7.55. The van der Waals surface area contributed by atoms with E-state index in [1.165, 1.54) is 6.07 Å². The maximum atomic E-state index is 12.4. The topological polar surface area (TPSA) is 72.2 Å². The number of sulfonamides is 1. The largest absolute Gasteiger partial charge is 0.326 e. The summed E-state index contributed by atoms with van der Waals surface area (Å²) in [6, 6.07) is 4.15. The van der Waals surface area contributed by atoms with Crippen LogP contribution in [0.15, 0.2) is 23.1 Å². The van der Waals surface area contributed by atoms with Gasteiger partial charge in [-0.1, -0.05) is 48.5 Å². The summed E-state index contributed by atoms with van der Waals surface area (Å²) in [6.45, 7) is 0. The van der Waals surface area contributed by atoms with Gasteiger partial charge in [0.25, 0.3) is 0 Å². The van der Waals surface area contributed by atoms with Crippen molar-refractivity contribution in [1.29, 1.82) is 0 Å². The van der Waals surface area contributed by atoms with E-state index in [-0.39, 0.29) is 27.0 Å². The summed E-state index contributed by atoms with van der Waals surface area (Å²) in [6.07, 6.45) is 4.68. The van der Waals surface area contributed by atoms with E-state index in [9.17, 15) is 8.42 Å². The summed E-state index contributed by atoms with van der Waals surface area (Å²) in [5.41, 5.74) is 6.05.